The molecule has 1 nitrogen and oxygen atoms in total. The van der Waals surface area contributed by atoms with E-state index in [1.807, 2.05) is 0 Å². The number of halogens is 5. The van der Waals surface area contributed by atoms with E-state index in [-0.39, 0.29) is 0 Å². The predicted octanol–water partition coefficient (Wildman–Crippen LogP) is 3.98. The van der Waals surface area contributed by atoms with Gasteiger partial charge in [-0.3, -0.25) is 0 Å². The van der Waals surface area contributed by atoms with Crippen LogP contribution in [0.15, 0.2) is 30.3 Å². The maximum absolute atomic E-state index is 13.6. The molecule has 0 amide bonds. The van der Waals surface area contributed by atoms with E-state index in [1.165, 1.54) is 0 Å². The molecule has 1 N–H and O–H groups in total. The molecule has 0 radical (unpaired) electrons. The van der Waals surface area contributed by atoms with Crippen molar-refractivity contribution in [3.05, 3.63) is 69.8 Å². The van der Waals surface area contributed by atoms with Gasteiger partial charge < -0.3 is 5.11 Å². The van der Waals surface area contributed by atoms with Gasteiger partial charge in [0, 0.05) is 5.56 Å². The zero-order chi connectivity index (χ0) is 14.2. The second-order valence-corrected chi connectivity index (χ2v) is 4.23. The van der Waals surface area contributed by atoms with Crippen LogP contribution in [0.3, 0.4) is 0 Å². The van der Waals surface area contributed by atoms with E-state index in [2.05, 4.69) is 0 Å². The molecule has 0 saturated heterocycles. The van der Waals surface area contributed by atoms with Crippen LogP contribution >= 0.6 is 11.6 Å². The molecule has 1 unspecified atom stereocenters. The molecule has 0 aliphatic heterocycles. The highest BCUT2D eigenvalue weighted by molar-refractivity contribution is 6.30. The Hall–Kier alpha value is -1.59. The number of aliphatic hydroxyl groups is 1. The fourth-order valence-electron chi connectivity index (χ4n) is 1.67. The Morgan fingerprint density at radius 3 is 2.05 bits per heavy atom. The molecule has 0 saturated carbocycles. The summed E-state index contributed by atoms with van der Waals surface area (Å²) in [4.78, 5) is 0. The van der Waals surface area contributed by atoms with Gasteiger partial charge in [0.2, 0.25) is 0 Å². The summed E-state index contributed by atoms with van der Waals surface area (Å²) < 4.78 is 53.7. The second kappa shape index (κ2) is 5.19. The summed E-state index contributed by atoms with van der Waals surface area (Å²) in [5.41, 5.74) is -1.34. The van der Waals surface area contributed by atoms with Crippen molar-refractivity contribution in [1.82, 2.24) is 0 Å². The van der Waals surface area contributed by atoms with E-state index in [1.54, 1.807) is 0 Å². The molecule has 100 valence electrons. The van der Waals surface area contributed by atoms with Crippen LogP contribution in [0.25, 0.3) is 0 Å². The third kappa shape index (κ3) is 2.57. The van der Waals surface area contributed by atoms with Crippen LogP contribution in [-0.2, 0) is 0 Å². The fraction of sp³-hybridized carbons (Fsp3) is 0.0769. The van der Waals surface area contributed by atoms with Gasteiger partial charge in [-0.1, -0.05) is 17.7 Å². The third-order valence-corrected chi connectivity index (χ3v) is 2.90. The first-order valence-corrected chi connectivity index (χ1v) is 5.56. The molecule has 0 spiro atoms. The molecule has 1 atom stereocenters. The topological polar surface area (TPSA) is 20.2 Å². The minimum absolute atomic E-state index is 0.484. The Kier molecular flexibility index (Phi) is 3.78. The number of hydrogen-bond donors (Lipinski definition) is 1. The Labute approximate surface area is 111 Å². The van der Waals surface area contributed by atoms with Crippen molar-refractivity contribution in [2.75, 3.05) is 0 Å². The summed E-state index contributed by atoms with van der Waals surface area (Å²) in [6.45, 7) is 0. The standard InChI is InChI=1S/C13H7ClF4O/c14-7-5-10(17)6(4-11(7)18)13(19)12-8(15)2-1-3-9(12)16/h1-5,13,19H. The van der Waals surface area contributed by atoms with E-state index in [4.69, 9.17) is 11.6 Å². The molecule has 0 bridgehead atoms. The van der Waals surface area contributed by atoms with Gasteiger partial charge in [-0.15, -0.1) is 0 Å². The minimum Gasteiger partial charge on any atom is -0.383 e. The van der Waals surface area contributed by atoms with E-state index in [9.17, 15) is 22.7 Å². The molecular weight excluding hydrogens is 284 g/mol. The zero-order valence-corrected chi connectivity index (χ0v) is 10.1. The lowest BCUT2D eigenvalue weighted by Gasteiger charge is -2.14. The largest absolute Gasteiger partial charge is 0.383 e. The summed E-state index contributed by atoms with van der Waals surface area (Å²) in [5, 5.41) is 9.34. The Morgan fingerprint density at radius 1 is 0.895 bits per heavy atom. The molecule has 2 aromatic carbocycles. The first-order valence-electron chi connectivity index (χ1n) is 5.18. The van der Waals surface area contributed by atoms with Gasteiger partial charge in [0.1, 0.15) is 29.4 Å². The van der Waals surface area contributed by atoms with Gasteiger partial charge >= 0.3 is 0 Å². The highest BCUT2D eigenvalue weighted by Crippen LogP contribution is 2.30. The average molecular weight is 291 g/mol. The Morgan fingerprint density at radius 2 is 1.47 bits per heavy atom. The highest BCUT2D eigenvalue weighted by Gasteiger charge is 2.23. The van der Waals surface area contributed by atoms with E-state index < -0.39 is 45.5 Å². The van der Waals surface area contributed by atoms with Crippen LogP contribution in [0.4, 0.5) is 17.6 Å². The quantitative estimate of drug-likeness (QED) is 0.655. The van der Waals surface area contributed by atoms with Gasteiger partial charge in [0.25, 0.3) is 0 Å². The smallest absolute Gasteiger partial charge is 0.142 e. The van der Waals surface area contributed by atoms with Crippen LogP contribution in [-0.4, -0.2) is 5.11 Å². The van der Waals surface area contributed by atoms with Crippen molar-refractivity contribution in [2.24, 2.45) is 0 Å². The van der Waals surface area contributed by atoms with Crippen molar-refractivity contribution >= 4 is 11.6 Å². The van der Waals surface area contributed by atoms with Crippen LogP contribution in [0.2, 0.25) is 5.02 Å². The SMILES string of the molecule is OC(c1cc(F)c(Cl)cc1F)c1c(F)cccc1F. The monoisotopic (exact) mass is 290 g/mol. The van der Waals surface area contributed by atoms with Crippen LogP contribution in [0.5, 0.6) is 0 Å². The Balaban J connectivity index is 2.56. The molecule has 0 aliphatic rings. The van der Waals surface area contributed by atoms with Crippen molar-refractivity contribution in [2.45, 2.75) is 6.10 Å². The highest BCUT2D eigenvalue weighted by atomic mass is 35.5. The van der Waals surface area contributed by atoms with Crippen molar-refractivity contribution in [1.29, 1.82) is 0 Å². The maximum atomic E-state index is 13.6. The molecule has 0 aromatic heterocycles. The first-order chi connectivity index (χ1) is 8.91. The van der Waals surface area contributed by atoms with Crippen LogP contribution in [0.1, 0.15) is 17.2 Å². The van der Waals surface area contributed by atoms with E-state index in [0.29, 0.717) is 12.1 Å². The summed E-state index contributed by atoms with van der Waals surface area (Å²) in [7, 11) is 0. The molecule has 19 heavy (non-hydrogen) atoms. The fourth-order valence-corrected chi connectivity index (χ4v) is 1.83. The number of rotatable bonds is 2. The number of aliphatic hydroxyl groups excluding tert-OH is 1. The minimum atomic E-state index is -1.96. The molecule has 2 aromatic rings. The summed E-state index contributed by atoms with van der Waals surface area (Å²) in [6, 6.07) is 4.15. The first kappa shape index (κ1) is 13.8. The van der Waals surface area contributed by atoms with Gasteiger partial charge in [-0.2, -0.15) is 0 Å². The summed E-state index contributed by atoms with van der Waals surface area (Å²) in [5.74, 6) is -4.15. The average Bonchev–Trinajstić information content (AvgIpc) is 2.33. The van der Waals surface area contributed by atoms with Gasteiger partial charge in [-0.25, -0.2) is 17.6 Å². The van der Waals surface area contributed by atoms with E-state index >= 15 is 0 Å². The van der Waals surface area contributed by atoms with Gasteiger partial charge in [0.15, 0.2) is 0 Å². The number of benzene rings is 2. The lowest BCUT2D eigenvalue weighted by atomic mass is 10.00. The Bertz CT molecular complexity index is 610. The lowest BCUT2D eigenvalue weighted by molar-refractivity contribution is 0.203. The van der Waals surface area contributed by atoms with Crippen LogP contribution in [0, 0.1) is 23.3 Å². The van der Waals surface area contributed by atoms with Crippen molar-refractivity contribution < 1.29 is 22.7 Å². The lowest BCUT2D eigenvalue weighted by Crippen LogP contribution is -2.08. The van der Waals surface area contributed by atoms with Crippen molar-refractivity contribution in [3.8, 4) is 0 Å². The molecular formula is C13H7ClF4O. The summed E-state index contributed by atoms with van der Waals surface area (Å²) >= 11 is 5.35. The summed E-state index contributed by atoms with van der Waals surface area (Å²) in [6.07, 6.45) is -1.96. The molecule has 6 heteroatoms. The normalized spacial score (nSPS) is 12.5. The predicted molar refractivity (Wildman–Crippen MR) is 61.8 cm³/mol. The van der Waals surface area contributed by atoms with Crippen molar-refractivity contribution in [3.63, 3.8) is 0 Å². The maximum Gasteiger partial charge on any atom is 0.142 e. The van der Waals surface area contributed by atoms with E-state index in [0.717, 1.165) is 18.2 Å². The van der Waals surface area contributed by atoms with Gasteiger partial charge in [-0.05, 0) is 24.3 Å². The molecule has 2 rings (SSSR count). The second-order valence-electron chi connectivity index (χ2n) is 3.83. The molecule has 0 fully saturated rings. The third-order valence-electron chi connectivity index (χ3n) is 2.61. The molecule has 0 aliphatic carbocycles. The zero-order valence-electron chi connectivity index (χ0n) is 9.30. The number of hydrogen-bond acceptors (Lipinski definition) is 1. The molecule has 0 heterocycles. The van der Waals surface area contributed by atoms with Crippen LogP contribution < -0.4 is 0 Å². The van der Waals surface area contributed by atoms with Gasteiger partial charge in [0.05, 0.1) is 10.6 Å².